The molecule has 0 aliphatic carbocycles. The van der Waals surface area contributed by atoms with E-state index in [4.69, 9.17) is 0 Å². The molecule has 0 bridgehead atoms. The van der Waals surface area contributed by atoms with E-state index in [1.165, 1.54) is 0 Å². The molecule has 0 rings (SSSR count). The van der Waals surface area contributed by atoms with Crippen LogP contribution in [0.1, 0.15) is 40.5 Å². The van der Waals surface area contributed by atoms with E-state index in [0.717, 1.165) is 25.9 Å². The fourth-order valence-electron chi connectivity index (χ4n) is 1.33. The standard InChI is InChI=1S/C11H22BrNO/c1-5-7-13(8-6-2)11(14)10(12)9(3)4/h9-10H,5-8H2,1-4H3. The van der Waals surface area contributed by atoms with E-state index in [1.54, 1.807) is 0 Å². The molecule has 84 valence electrons. The molecule has 0 saturated heterocycles. The van der Waals surface area contributed by atoms with Gasteiger partial charge in [-0.3, -0.25) is 4.79 Å². The van der Waals surface area contributed by atoms with Gasteiger partial charge in [0.05, 0.1) is 4.83 Å². The van der Waals surface area contributed by atoms with Crippen molar-refractivity contribution in [2.75, 3.05) is 13.1 Å². The van der Waals surface area contributed by atoms with Crippen molar-refractivity contribution in [1.82, 2.24) is 4.90 Å². The Morgan fingerprint density at radius 1 is 1.21 bits per heavy atom. The summed E-state index contributed by atoms with van der Waals surface area (Å²) >= 11 is 3.46. The Bertz CT molecular complexity index is 165. The SMILES string of the molecule is CCCN(CCC)C(=O)C(Br)C(C)C. The molecule has 0 aliphatic heterocycles. The van der Waals surface area contributed by atoms with Gasteiger partial charge in [0.15, 0.2) is 0 Å². The highest BCUT2D eigenvalue weighted by Gasteiger charge is 2.23. The summed E-state index contributed by atoms with van der Waals surface area (Å²) in [5, 5.41) is 0. The number of rotatable bonds is 6. The third-order valence-electron chi connectivity index (χ3n) is 2.12. The van der Waals surface area contributed by atoms with Gasteiger partial charge >= 0.3 is 0 Å². The number of carbonyl (C=O) groups excluding carboxylic acids is 1. The second-order valence-electron chi connectivity index (χ2n) is 3.97. The molecule has 0 aliphatic rings. The summed E-state index contributed by atoms with van der Waals surface area (Å²) in [6.45, 7) is 10.1. The summed E-state index contributed by atoms with van der Waals surface area (Å²) in [7, 11) is 0. The van der Waals surface area contributed by atoms with Gasteiger partial charge in [0.25, 0.3) is 0 Å². The van der Waals surface area contributed by atoms with Crippen molar-refractivity contribution < 1.29 is 4.79 Å². The topological polar surface area (TPSA) is 20.3 Å². The highest BCUT2D eigenvalue weighted by Crippen LogP contribution is 2.15. The van der Waals surface area contributed by atoms with Crippen molar-refractivity contribution in [2.24, 2.45) is 5.92 Å². The average Bonchev–Trinajstić information content (AvgIpc) is 2.15. The third kappa shape index (κ3) is 4.45. The molecule has 0 aromatic rings. The van der Waals surface area contributed by atoms with E-state index in [9.17, 15) is 4.79 Å². The molecule has 0 N–H and O–H groups in total. The fraction of sp³-hybridized carbons (Fsp3) is 0.909. The van der Waals surface area contributed by atoms with Crippen molar-refractivity contribution >= 4 is 21.8 Å². The van der Waals surface area contributed by atoms with Crippen LogP contribution in [-0.2, 0) is 4.79 Å². The van der Waals surface area contributed by atoms with E-state index in [2.05, 4.69) is 43.6 Å². The van der Waals surface area contributed by atoms with Gasteiger partial charge in [-0.15, -0.1) is 0 Å². The first-order valence-corrected chi connectivity index (χ1v) is 6.39. The lowest BCUT2D eigenvalue weighted by Gasteiger charge is -2.25. The summed E-state index contributed by atoms with van der Waals surface area (Å²) in [6.07, 6.45) is 2.06. The Kier molecular flexibility index (Phi) is 7.24. The van der Waals surface area contributed by atoms with E-state index in [1.807, 2.05) is 4.90 Å². The molecule has 1 atom stereocenters. The second kappa shape index (κ2) is 7.27. The lowest BCUT2D eigenvalue weighted by atomic mass is 10.1. The number of amides is 1. The normalized spacial score (nSPS) is 13.0. The van der Waals surface area contributed by atoms with E-state index < -0.39 is 0 Å². The predicted octanol–water partition coefficient (Wildman–Crippen LogP) is 3.05. The van der Waals surface area contributed by atoms with Crippen LogP contribution in [0.25, 0.3) is 0 Å². The van der Waals surface area contributed by atoms with Crippen LogP contribution in [-0.4, -0.2) is 28.7 Å². The zero-order valence-corrected chi connectivity index (χ0v) is 11.3. The fourth-order valence-corrected chi connectivity index (χ4v) is 1.62. The van der Waals surface area contributed by atoms with Crippen LogP contribution in [0.5, 0.6) is 0 Å². The van der Waals surface area contributed by atoms with Crippen LogP contribution in [0.3, 0.4) is 0 Å². The van der Waals surface area contributed by atoms with E-state index in [0.29, 0.717) is 5.92 Å². The molecular weight excluding hydrogens is 242 g/mol. The maximum atomic E-state index is 11.9. The van der Waals surface area contributed by atoms with Gasteiger partial charge in [0.2, 0.25) is 5.91 Å². The molecule has 1 amide bonds. The van der Waals surface area contributed by atoms with Crippen molar-refractivity contribution in [3.8, 4) is 0 Å². The minimum Gasteiger partial charge on any atom is -0.342 e. The zero-order valence-electron chi connectivity index (χ0n) is 9.72. The predicted molar refractivity (Wildman–Crippen MR) is 64.7 cm³/mol. The summed E-state index contributed by atoms with van der Waals surface area (Å²) in [5.41, 5.74) is 0. The van der Waals surface area contributed by atoms with Crippen LogP contribution < -0.4 is 0 Å². The quantitative estimate of drug-likeness (QED) is 0.675. The average molecular weight is 264 g/mol. The maximum Gasteiger partial charge on any atom is 0.236 e. The Morgan fingerprint density at radius 2 is 1.64 bits per heavy atom. The van der Waals surface area contributed by atoms with Crippen LogP contribution in [0.2, 0.25) is 0 Å². The molecule has 1 unspecified atom stereocenters. The summed E-state index contributed by atoms with van der Waals surface area (Å²) in [6, 6.07) is 0. The minimum absolute atomic E-state index is 0.0272. The first kappa shape index (κ1) is 13.9. The Hall–Kier alpha value is -0.0500. The second-order valence-corrected chi connectivity index (χ2v) is 4.96. The van der Waals surface area contributed by atoms with Gasteiger partial charge in [-0.2, -0.15) is 0 Å². The smallest absolute Gasteiger partial charge is 0.236 e. The zero-order chi connectivity index (χ0) is 11.1. The molecule has 0 radical (unpaired) electrons. The maximum absolute atomic E-state index is 11.9. The summed E-state index contributed by atoms with van der Waals surface area (Å²) < 4.78 is 0. The van der Waals surface area contributed by atoms with Crippen molar-refractivity contribution in [2.45, 2.75) is 45.4 Å². The summed E-state index contributed by atoms with van der Waals surface area (Å²) in [5.74, 6) is 0.599. The first-order valence-electron chi connectivity index (χ1n) is 5.47. The van der Waals surface area contributed by atoms with Gasteiger partial charge in [0.1, 0.15) is 0 Å². The third-order valence-corrected chi connectivity index (χ3v) is 3.57. The highest BCUT2D eigenvalue weighted by molar-refractivity contribution is 9.10. The van der Waals surface area contributed by atoms with Crippen molar-refractivity contribution in [1.29, 1.82) is 0 Å². The number of alkyl halides is 1. The number of hydrogen-bond acceptors (Lipinski definition) is 1. The highest BCUT2D eigenvalue weighted by atomic mass is 79.9. The molecule has 2 nitrogen and oxygen atoms in total. The van der Waals surface area contributed by atoms with Gasteiger partial charge in [-0.25, -0.2) is 0 Å². The molecular formula is C11H22BrNO. The number of carbonyl (C=O) groups is 1. The Balaban J connectivity index is 4.26. The van der Waals surface area contributed by atoms with Gasteiger partial charge < -0.3 is 4.90 Å². The number of hydrogen-bond donors (Lipinski definition) is 0. The molecule has 3 heteroatoms. The number of halogens is 1. The molecule has 0 aromatic heterocycles. The van der Waals surface area contributed by atoms with Crippen LogP contribution in [0.15, 0.2) is 0 Å². The van der Waals surface area contributed by atoms with E-state index in [-0.39, 0.29) is 10.7 Å². The lowest BCUT2D eigenvalue weighted by Crippen LogP contribution is -2.39. The monoisotopic (exact) mass is 263 g/mol. The van der Waals surface area contributed by atoms with Gasteiger partial charge in [-0.05, 0) is 18.8 Å². The first-order chi connectivity index (χ1) is 6.54. The minimum atomic E-state index is -0.0272. The van der Waals surface area contributed by atoms with Gasteiger partial charge in [-0.1, -0.05) is 43.6 Å². The number of nitrogens with zero attached hydrogens (tertiary/aromatic N) is 1. The molecule has 0 saturated carbocycles. The Labute approximate surface area is 96.2 Å². The molecule has 0 fully saturated rings. The van der Waals surface area contributed by atoms with Crippen LogP contribution in [0.4, 0.5) is 0 Å². The summed E-state index contributed by atoms with van der Waals surface area (Å²) in [4.78, 5) is 13.9. The largest absolute Gasteiger partial charge is 0.342 e. The molecule has 14 heavy (non-hydrogen) atoms. The Morgan fingerprint density at radius 3 is 1.93 bits per heavy atom. The molecule has 0 heterocycles. The van der Waals surface area contributed by atoms with Gasteiger partial charge in [0, 0.05) is 13.1 Å². The van der Waals surface area contributed by atoms with Crippen molar-refractivity contribution in [3.05, 3.63) is 0 Å². The van der Waals surface area contributed by atoms with Crippen LogP contribution >= 0.6 is 15.9 Å². The molecule has 0 aromatic carbocycles. The van der Waals surface area contributed by atoms with E-state index >= 15 is 0 Å². The van der Waals surface area contributed by atoms with Crippen LogP contribution in [0, 0.1) is 5.92 Å². The molecule has 0 spiro atoms. The van der Waals surface area contributed by atoms with Crippen molar-refractivity contribution in [3.63, 3.8) is 0 Å². The lowest BCUT2D eigenvalue weighted by molar-refractivity contribution is -0.131.